The molecule has 3 heteroatoms. The average Bonchev–Trinajstić information content (AvgIpc) is 1.82. The summed E-state index contributed by atoms with van der Waals surface area (Å²) in [6.07, 6.45) is 0. The zero-order valence-corrected chi connectivity index (χ0v) is 4.60. The second-order valence-corrected chi connectivity index (χ2v) is 1.08. The van der Waals surface area contributed by atoms with E-state index in [9.17, 15) is 0 Å². The second-order valence-electron chi connectivity index (χ2n) is 1.08. The van der Waals surface area contributed by atoms with Crippen molar-refractivity contribution in [1.29, 1.82) is 5.40 Å². The van der Waals surface area contributed by atoms with Crippen LogP contribution in [0.15, 0.2) is 0 Å². The summed E-state index contributed by atoms with van der Waals surface area (Å²) in [5.74, 6) is 0.262. The molecule has 0 radical (unpaired) electrons. The first-order valence-corrected chi connectivity index (χ1v) is 2.21. The summed E-state index contributed by atoms with van der Waals surface area (Å²) in [5, 5.41) is 6.81. The molecule has 0 aliphatic heterocycles. The topological polar surface area (TPSA) is 47.9 Å². The number of rotatable bonds is 1. The van der Waals surface area contributed by atoms with Gasteiger partial charge in [-0.25, -0.2) is 0 Å². The van der Waals surface area contributed by atoms with Crippen molar-refractivity contribution in [3.05, 3.63) is 0 Å². The van der Waals surface area contributed by atoms with Gasteiger partial charge in [-0.3, -0.25) is 5.40 Å². The highest BCUT2D eigenvalue weighted by Crippen LogP contribution is 1.52. The van der Waals surface area contributed by atoms with Crippen molar-refractivity contribution in [1.82, 2.24) is 10.6 Å². The number of guanidine groups is 1. The van der Waals surface area contributed by atoms with Crippen molar-refractivity contribution >= 4 is 5.96 Å². The molecule has 0 saturated carbocycles. The van der Waals surface area contributed by atoms with Crippen LogP contribution in [-0.2, 0) is 0 Å². The maximum Gasteiger partial charge on any atom is 0.191 e. The Balaban J connectivity index is 3.70. The zero-order valence-electron chi connectivity index (χ0n) is 6.60. The van der Waals surface area contributed by atoms with Gasteiger partial charge in [-0.2, -0.15) is 0 Å². The summed E-state index contributed by atoms with van der Waals surface area (Å²) < 4.78 is 13.5. The van der Waals surface area contributed by atoms with Gasteiger partial charge in [0.2, 0.25) is 0 Å². The van der Waals surface area contributed by atoms with Crippen LogP contribution in [0.1, 0.15) is 6.92 Å². The summed E-state index contributed by atoms with van der Waals surface area (Å²) in [4.78, 5) is 0. The van der Waals surface area contributed by atoms with Crippen LogP contribution in [0.2, 0.25) is 2.82 Å². The number of hydrogen-bond donors (Lipinski definition) is 3. The van der Waals surface area contributed by atoms with Crippen molar-refractivity contribution in [3.8, 4) is 0 Å². The number of nitrogens with one attached hydrogen (secondary N) is 3. The summed E-state index contributed by atoms with van der Waals surface area (Å²) in [6, 6.07) is 0. The Labute approximate surface area is 46.5 Å². The standard InChI is InChI=1S/C4H11N3/c1-3-7-4(5)6-2/h3H2,1-2H3,(H3,5,6,7)/i/hD2. The molecular formula is C4H11N3. The molecule has 0 heterocycles. The molecule has 0 unspecified atom stereocenters. The van der Waals surface area contributed by atoms with Crippen molar-refractivity contribution in [3.63, 3.8) is 0 Å². The molecule has 0 saturated heterocycles. The molecule has 0 bridgehead atoms. The van der Waals surface area contributed by atoms with Gasteiger partial charge in [0.25, 0.3) is 0 Å². The van der Waals surface area contributed by atoms with E-state index in [0.29, 0.717) is 6.54 Å². The highest BCUT2D eigenvalue weighted by molar-refractivity contribution is 5.75. The fourth-order valence-electron chi connectivity index (χ4n) is 0.237. The Hall–Kier alpha value is -0.730. The van der Waals surface area contributed by atoms with Crippen LogP contribution in [0.5, 0.6) is 0 Å². The molecule has 7 heavy (non-hydrogen) atoms. The van der Waals surface area contributed by atoms with Gasteiger partial charge in [0.15, 0.2) is 8.78 Å². The largest absolute Gasteiger partial charge is 0.360 e. The van der Waals surface area contributed by atoms with Crippen molar-refractivity contribution in [2.24, 2.45) is 0 Å². The van der Waals surface area contributed by atoms with Crippen LogP contribution in [0.4, 0.5) is 0 Å². The number of hydrogen-bond acceptors (Lipinski definition) is 1. The van der Waals surface area contributed by atoms with E-state index in [2.05, 4.69) is 10.7 Å². The fraction of sp³-hybridized carbons (Fsp3) is 0.750. The Morgan fingerprint density at radius 3 is 3.00 bits per heavy atom. The molecule has 0 fully saturated rings. The molecule has 0 aliphatic rings. The third kappa shape index (κ3) is 3.09. The minimum atomic E-state index is 0.262. The van der Waals surface area contributed by atoms with Crippen LogP contribution in [0.3, 0.4) is 0 Å². The van der Waals surface area contributed by atoms with E-state index in [1.54, 1.807) is 0 Å². The Bertz CT molecular complexity index is 102. The van der Waals surface area contributed by atoms with E-state index >= 15 is 0 Å². The van der Waals surface area contributed by atoms with Crippen molar-refractivity contribution < 1.29 is 2.82 Å². The maximum atomic E-state index is 6.96. The van der Waals surface area contributed by atoms with Crippen LogP contribution in [0, 0.1) is 5.40 Å². The van der Waals surface area contributed by atoms with Gasteiger partial charge in [0.05, 0.1) is 0 Å². The SMILES string of the molecule is [2H]N=C(NCC)N([2H])C. The molecule has 0 amide bonds. The zero-order chi connectivity index (χ0) is 7.28. The molecule has 0 rings (SSSR count). The van der Waals surface area contributed by atoms with Crippen molar-refractivity contribution in [2.75, 3.05) is 13.6 Å². The Morgan fingerprint density at radius 1 is 2.14 bits per heavy atom. The lowest BCUT2D eigenvalue weighted by Crippen LogP contribution is -2.33. The Morgan fingerprint density at radius 2 is 2.86 bits per heavy atom. The molecule has 0 aromatic rings. The molecule has 0 aromatic carbocycles. The van der Waals surface area contributed by atoms with E-state index in [1.807, 2.05) is 6.92 Å². The van der Waals surface area contributed by atoms with E-state index in [-0.39, 0.29) is 5.96 Å². The first-order valence-electron chi connectivity index (χ1n) is 3.10. The van der Waals surface area contributed by atoms with Gasteiger partial charge in [0.1, 0.15) is 0 Å². The van der Waals surface area contributed by atoms with Crippen LogP contribution < -0.4 is 10.6 Å². The summed E-state index contributed by atoms with van der Waals surface area (Å²) >= 11 is 0. The smallest absolute Gasteiger partial charge is 0.191 e. The quantitative estimate of drug-likeness (QED) is 0.316. The third-order valence-corrected chi connectivity index (χ3v) is 0.547. The molecule has 3 nitrogen and oxygen atoms in total. The predicted octanol–water partition coefficient (Wildman–Crippen LogP) is -0.250. The van der Waals surface area contributed by atoms with E-state index in [4.69, 9.17) is 2.82 Å². The molecule has 0 aliphatic carbocycles. The van der Waals surface area contributed by atoms with Crippen LogP contribution >= 0.6 is 0 Å². The fourth-order valence-corrected chi connectivity index (χ4v) is 0.237. The maximum absolute atomic E-state index is 6.96. The normalized spacial score (nSPS) is 14.9. The molecule has 0 aromatic heterocycles. The minimum Gasteiger partial charge on any atom is -0.360 e. The first kappa shape index (κ1) is 3.29. The molecule has 0 atom stereocenters. The molecule has 3 N–H and O–H groups in total. The van der Waals surface area contributed by atoms with Gasteiger partial charge in [-0.05, 0) is 6.92 Å². The molecule has 42 valence electrons. The lowest BCUT2D eigenvalue weighted by molar-refractivity contribution is 0.900. The highest BCUT2D eigenvalue weighted by Gasteiger charge is 1.80. The summed E-state index contributed by atoms with van der Waals surface area (Å²) in [5.41, 5.74) is 0. The summed E-state index contributed by atoms with van der Waals surface area (Å²) in [6.45, 7) is 2.57. The third-order valence-electron chi connectivity index (χ3n) is 0.547. The summed E-state index contributed by atoms with van der Waals surface area (Å²) in [7, 11) is 1.51. The lowest BCUT2D eigenvalue weighted by Gasteiger charge is -2.00. The Kier molecular flexibility index (Phi) is 1.63. The lowest BCUT2D eigenvalue weighted by atomic mass is 10.7. The van der Waals surface area contributed by atoms with E-state index < -0.39 is 0 Å². The van der Waals surface area contributed by atoms with E-state index in [0.717, 1.165) is 5.31 Å². The van der Waals surface area contributed by atoms with Gasteiger partial charge >= 0.3 is 0 Å². The van der Waals surface area contributed by atoms with Gasteiger partial charge < -0.3 is 10.6 Å². The second kappa shape index (κ2) is 3.46. The molecular weight excluding hydrogens is 90.1 g/mol. The minimum absolute atomic E-state index is 0.262. The predicted molar refractivity (Wildman–Crippen MR) is 30.5 cm³/mol. The van der Waals surface area contributed by atoms with Crippen LogP contribution in [-0.4, -0.2) is 19.6 Å². The van der Waals surface area contributed by atoms with Crippen molar-refractivity contribution in [2.45, 2.75) is 6.92 Å². The van der Waals surface area contributed by atoms with Gasteiger partial charge in [0, 0.05) is 13.6 Å². The average molecular weight is 103 g/mol. The van der Waals surface area contributed by atoms with Gasteiger partial charge in [-0.15, -0.1) is 0 Å². The first-order chi connectivity index (χ1) is 4.22. The van der Waals surface area contributed by atoms with Gasteiger partial charge in [-0.1, -0.05) is 0 Å². The van der Waals surface area contributed by atoms with E-state index in [1.165, 1.54) is 7.05 Å². The highest BCUT2D eigenvalue weighted by atomic mass is 15.1. The monoisotopic (exact) mass is 103 g/mol. The molecule has 0 spiro atoms. The van der Waals surface area contributed by atoms with Crippen LogP contribution in [0.25, 0.3) is 0 Å².